The third-order valence-electron chi connectivity index (χ3n) is 4.58. The van der Waals surface area contributed by atoms with Gasteiger partial charge in [-0.2, -0.15) is 0 Å². The second kappa shape index (κ2) is 8.36. The Bertz CT molecular complexity index is 975. The molecule has 0 saturated carbocycles. The zero-order valence-corrected chi connectivity index (χ0v) is 16.3. The molecule has 0 spiro atoms. The van der Waals surface area contributed by atoms with Crippen LogP contribution in [0, 0.1) is 19.7 Å². The molecule has 3 aromatic rings. The van der Waals surface area contributed by atoms with Gasteiger partial charge in [-0.15, -0.1) is 0 Å². The number of hydrogen-bond acceptors (Lipinski definition) is 5. The number of rotatable bonds is 7. The lowest BCUT2D eigenvalue weighted by molar-refractivity contribution is -0.160. The molecule has 0 amide bonds. The summed E-state index contributed by atoms with van der Waals surface area (Å²) >= 11 is 0. The quantitative estimate of drug-likeness (QED) is 0.656. The summed E-state index contributed by atoms with van der Waals surface area (Å²) in [4.78, 5) is 20.7. The van der Waals surface area contributed by atoms with Gasteiger partial charge in [-0.1, -0.05) is 42.5 Å². The van der Waals surface area contributed by atoms with Crippen LogP contribution in [0.25, 0.3) is 0 Å². The Kier molecular flexibility index (Phi) is 5.89. The molecule has 0 aliphatic rings. The Morgan fingerprint density at radius 2 is 1.55 bits per heavy atom. The number of carbonyl (C=O) groups is 1. The second-order valence-electron chi connectivity index (χ2n) is 6.58. The van der Waals surface area contributed by atoms with Crippen molar-refractivity contribution in [1.82, 2.24) is 9.97 Å². The van der Waals surface area contributed by atoms with Crippen molar-refractivity contribution >= 4 is 5.97 Å². The maximum Gasteiger partial charge on any atom is 0.348 e. The molecule has 0 bridgehead atoms. The second-order valence-corrected chi connectivity index (χ2v) is 6.58. The third-order valence-corrected chi connectivity index (χ3v) is 4.58. The van der Waals surface area contributed by atoms with Crippen LogP contribution in [0.1, 0.15) is 22.5 Å². The van der Waals surface area contributed by atoms with Crippen molar-refractivity contribution in [2.75, 3.05) is 7.11 Å². The number of aliphatic carboxylic acids is 1. The first-order valence-corrected chi connectivity index (χ1v) is 8.95. The molecule has 0 unspecified atom stereocenters. The Morgan fingerprint density at radius 3 is 2.07 bits per heavy atom. The van der Waals surface area contributed by atoms with Crippen molar-refractivity contribution < 1.29 is 23.8 Å². The molecule has 2 atom stereocenters. The Hall–Kier alpha value is -3.32. The van der Waals surface area contributed by atoms with E-state index < -0.39 is 23.5 Å². The van der Waals surface area contributed by atoms with Crippen LogP contribution >= 0.6 is 0 Å². The van der Waals surface area contributed by atoms with E-state index in [1.54, 1.807) is 50.2 Å². The number of aryl methyl sites for hydroxylation is 2. The number of aromatic nitrogens is 2. The van der Waals surface area contributed by atoms with Crippen LogP contribution in [0.2, 0.25) is 0 Å². The maximum absolute atomic E-state index is 13.6. The molecular weight excluding hydrogens is 375 g/mol. The summed E-state index contributed by atoms with van der Waals surface area (Å²) in [6, 6.07) is 15.9. The minimum Gasteiger partial charge on any atom is -0.478 e. The first-order chi connectivity index (χ1) is 13.9. The van der Waals surface area contributed by atoms with Gasteiger partial charge >= 0.3 is 12.0 Å². The van der Waals surface area contributed by atoms with Crippen LogP contribution in [0.4, 0.5) is 4.39 Å². The average molecular weight is 396 g/mol. The van der Waals surface area contributed by atoms with E-state index in [-0.39, 0.29) is 6.01 Å². The van der Waals surface area contributed by atoms with E-state index in [0.29, 0.717) is 22.5 Å². The molecule has 0 fully saturated rings. The van der Waals surface area contributed by atoms with Gasteiger partial charge in [0.2, 0.25) is 6.10 Å². The number of halogens is 1. The highest BCUT2D eigenvalue weighted by molar-refractivity contribution is 5.76. The Morgan fingerprint density at radius 1 is 1.00 bits per heavy atom. The number of carboxylic acid groups (broad SMARTS) is 1. The zero-order valence-electron chi connectivity index (χ0n) is 16.3. The summed E-state index contributed by atoms with van der Waals surface area (Å²) in [5, 5.41) is 10.1. The van der Waals surface area contributed by atoms with E-state index >= 15 is 0 Å². The van der Waals surface area contributed by atoms with Gasteiger partial charge < -0.3 is 14.6 Å². The first kappa shape index (κ1) is 20.4. The molecule has 0 aliphatic carbocycles. The molecule has 0 aliphatic heterocycles. The highest BCUT2D eigenvalue weighted by atomic mass is 19.1. The van der Waals surface area contributed by atoms with Gasteiger partial charge in [-0.05, 0) is 43.2 Å². The van der Waals surface area contributed by atoms with Crippen LogP contribution in [-0.2, 0) is 15.1 Å². The lowest BCUT2D eigenvalue weighted by Crippen LogP contribution is -2.50. The summed E-state index contributed by atoms with van der Waals surface area (Å²) < 4.78 is 25.2. The molecule has 2 aromatic carbocycles. The predicted octanol–water partition coefficient (Wildman–Crippen LogP) is 3.65. The topological polar surface area (TPSA) is 81.5 Å². The van der Waals surface area contributed by atoms with E-state index in [4.69, 9.17) is 9.47 Å². The van der Waals surface area contributed by atoms with Gasteiger partial charge in [-0.25, -0.2) is 19.2 Å². The molecule has 150 valence electrons. The van der Waals surface area contributed by atoms with E-state index in [1.807, 2.05) is 0 Å². The highest BCUT2D eigenvalue weighted by Crippen LogP contribution is 2.38. The van der Waals surface area contributed by atoms with Crippen molar-refractivity contribution in [3.05, 3.63) is 89.0 Å². The monoisotopic (exact) mass is 396 g/mol. The van der Waals surface area contributed by atoms with Crippen molar-refractivity contribution in [3.63, 3.8) is 0 Å². The lowest BCUT2D eigenvalue weighted by Gasteiger charge is -2.37. The lowest BCUT2D eigenvalue weighted by atomic mass is 9.81. The number of benzene rings is 2. The number of carboxylic acids is 1. The fourth-order valence-corrected chi connectivity index (χ4v) is 3.35. The summed E-state index contributed by atoms with van der Waals surface area (Å²) in [5.74, 6) is -1.72. The molecule has 1 aromatic heterocycles. The minimum absolute atomic E-state index is 0.0747. The number of hydrogen-bond donors (Lipinski definition) is 1. The number of ether oxygens (including phenoxy) is 2. The molecule has 7 heteroatoms. The maximum atomic E-state index is 13.6. The summed E-state index contributed by atoms with van der Waals surface area (Å²) in [6.07, 6.45) is -1.54. The molecule has 0 radical (unpaired) electrons. The van der Waals surface area contributed by atoms with Gasteiger partial charge in [0.05, 0.1) is 0 Å². The smallest absolute Gasteiger partial charge is 0.348 e. The number of nitrogens with zero attached hydrogens (tertiary/aromatic N) is 2. The Balaban J connectivity index is 2.21. The largest absolute Gasteiger partial charge is 0.478 e. The van der Waals surface area contributed by atoms with Crippen molar-refractivity contribution in [2.45, 2.75) is 25.6 Å². The number of methoxy groups -OCH3 is 1. The fourth-order valence-electron chi connectivity index (χ4n) is 3.35. The van der Waals surface area contributed by atoms with Gasteiger partial charge in [-0.3, -0.25) is 0 Å². The zero-order chi connectivity index (χ0) is 21.0. The summed E-state index contributed by atoms with van der Waals surface area (Å²) in [6.45, 7) is 3.52. The average Bonchev–Trinajstić information content (AvgIpc) is 2.69. The normalized spacial score (nSPS) is 14.1. The van der Waals surface area contributed by atoms with Crippen molar-refractivity contribution in [1.29, 1.82) is 0 Å². The summed E-state index contributed by atoms with van der Waals surface area (Å²) in [5.41, 5.74) is 0.666. The first-order valence-electron chi connectivity index (χ1n) is 8.95. The molecule has 3 rings (SSSR count). The third kappa shape index (κ3) is 4.09. The molecule has 6 nitrogen and oxygen atoms in total. The highest BCUT2D eigenvalue weighted by Gasteiger charge is 2.49. The molecular formula is C22H21FN2O4. The fraction of sp³-hybridized carbons (Fsp3) is 0.227. The van der Waals surface area contributed by atoms with Gasteiger partial charge in [0.25, 0.3) is 0 Å². The van der Waals surface area contributed by atoms with E-state index in [0.717, 1.165) is 0 Å². The van der Waals surface area contributed by atoms with Gasteiger partial charge in [0, 0.05) is 18.5 Å². The summed E-state index contributed by atoms with van der Waals surface area (Å²) in [7, 11) is 1.39. The molecule has 29 heavy (non-hydrogen) atoms. The van der Waals surface area contributed by atoms with Crippen LogP contribution < -0.4 is 4.74 Å². The van der Waals surface area contributed by atoms with Gasteiger partial charge in [0.1, 0.15) is 5.82 Å². The van der Waals surface area contributed by atoms with E-state index in [1.165, 1.54) is 31.4 Å². The van der Waals surface area contributed by atoms with Crippen molar-refractivity contribution in [2.24, 2.45) is 0 Å². The van der Waals surface area contributed by atoms with Crippen molar-refractivity contribution in [3.8, 4) is 6.01 Å². The van der Waals surface area contributed by atoms with Gasteiger partial charge in [0.15, 0.2) is 5.60 Å². The van der Waals surface area contributed by atoms with E-state index in [2.05, 4.69) is 9.97 Å². The SMILES string of the molecule is CO[C@](c1ccccc1)(c1ccc(F)cc1)[C@H](Oc1nc(C)cc(C)n1)C(=O)O. The Labute approximate surface area is 168 Å². The minimum atomic E-state index is -1.57. The molecule has 0 saturated heterocycles. The van der Waals surface area contributed by atoms with Crippen LogP contribution in [-0.4, -0.2) is 34.3 Å². The molecule has 1 heterocycles. The molecule has 1 N–H and O–H groups in total. The van der Waals surface area contributed by atoms with Crippen LogP contribution in [0.3, 0.4) is 0 Å². The predicted molar refractivity (Wildman–Crippen MR) is 104 cm³/mol. The van der Waals surface area contributed by atoms with E-state index in [9.17, 15) is 14.3 Å². The van der Waals surface area contributed by atoms with Crippen LogP contribution in [0.5, 0.6) is 6.01 Å². The standard InChI is InChI=1S/C22H21FN2O4/c1-14-13-15(2)25-21(24-14)29-19(20(26)27)22(28-3,16-7-5-4-6-8-16)17-9-11-18(23)12-10-17/h4-13,19H,1-3H3,(H,26,27)/t19-,22-/m1/s1. The van der Waals surface area contributed by atoms with Crippen LogP contribution in [0.15, 0.2) is 60.7 Å².